The van der Waals surface area contributed by atoms with Gasteiger partial charge < -0.3 is 5.32 Å². The molecule has 5 heteroatoms. The molecule has 1 N–H and O–H groups in total. The molecule has 0 aliphatic heterocycles. The number of anilines is 1. The highest BCUT2D eigenvalue weighted by atomic mass is 32.1. The third kappa shape index (κ3) is 2.37. The zero-order chi connectivity index (χ0) is 12.4. The van der Waals surface area contributed by atoms with Gasteiger partial charge >= 0.3 is 0 Å². The van der Waals surface area contributed by atoms with Gasteiger partial charge in [-0.15, -0.1) is 11.3 Å². The van der Waals surface area contributed by atoms with E-state index in [1.54, 1.807) is 29.0 Å². The van der Waals surface area contributed by atoms with Gasteiger partial charge in [0.25, 0.3) is 0 Å². The summed E-state index contributed by atoms with van der Waals surface area (Å²) in [6.45, 7) is 3.00. The number of fused-ring (bicyclic) bond motifs is 1. The van der Waals surface area contributed by atoms with E-state index in [0.717, 1.165) is 29.0 Å². The van der Waals surface area contributed by atoms with Crippen LogP contribution in [-0.4, -0.2) is 16.5 Å². The summed E-state index contributed by atoms with van der Waals surface area (Å²) in [6, 6.07) is 4.31. The van der Waals surface area contributed by atoms with E-state index in [1.165, 1.54) is 10.4 Å². The van der Waals surface area contributed by atoms with Gasteiger partial charge in [-0.2, -0.15) is 11.3 Å². The Labute approximate surface area is 114 Å². The molecule has 3 aromatic heterocycles. The van der Waals surface area contributed by atoms with Crippen LogP contribution in [-0.2, 0) is 6.42 Å². The van der Waals surface area contributed by atoms with Gasteiger partial charge in [0, 0.05) is 11.4 Å². The number of aryl methyl sites for hydroxylation is 1. The molecule has 0 amide bonds. The Morgan fingerprint density at radius 1 is 1.33 bits per heavy atom. The SMILES string of the molecule is Cc1cc2c(NCCc3ccsc3)ncnc2s1. The average molecular weight is 275 g/mol. The van der Waals surface area contributed by atoms with Crippen molar-refractivity contribution in [1.82, 2.24) is 9.97 Å². The number of aromatic nitrogens is 2. The lowest BCUT2D eigenvalue weighted by molar-refractivity contribution is 1.01. The molecule has 0 aliphatic rings. The Bertz CT molecular complexity index is 643. The van der Waals surface area contributed by atoms with Crippen molar-refractivity contribution in [3.63, 3.8) is 0 Å². The van der Waals surface area contributed by atoms with Crippen LogP contribution in [0.4, 0.5) is 5.82 Å². The molecule has 0 aromatic carbocycles. The summed E-state index contributed by atoms with van der Waals surface area (Å²) in [5, 5.41) is 8.83. The lowest BCUT2D eigenvalue weighted by Crippen LogP contribution is -2.06. The second-order valence-electron chi connectivity index (χ2n) is 4.11. The highest BCUT2D eigenvalue weighted by Gasteiger charge is 2.06. The van der Waals surface area contributed by atoms with Gasteiger partial charge in [-0.05, 0) is 41.8 Å². The fourth-order valence-corrected chi connectivity index (χ4v) is 3.43. The summed E-state index contributed by atoms with van der Waals surface area (Å²) < 4.78 is 0. The molecule has 3 rings (SSSR count). The maximum absolute atomic E-state index is 4.33. The normalized spacial score (nSPS) is 10.9. The topological polar surface area (TPSA) is 37.8 Å². The summed E-state index contributed by atoms with van der Waals surface area (Å²) in [7, 11) is 0. The van der Waals surface area contributed by atoms with Gasteiger partial charge in [-0.3, -0.25) is 0 Å². The van der Waals surface area contributed by atoms with E-state index in [-0.39, 0.29) is 0 Å². The molecule has 92 valence electrons. The largest absolute Gasteiger partial charge is 0.369 e. The van der Waals surface area contributed by atoms with Crippen molar-refractivity contribution in [3.05, 3.63) is 39.7 Å². The minimum absolute atomic E-state index is 0.901. The third-order valence-electron chi connectivity index (χ3n) is 2.74. The van der Waals surface area contributed by atoms with Crippen LogP contribution >= 0.6 is 22.7 Å². The van der Waals surface area contributed by atoms with E-state index < -0.39 is 0 Å². The van der Waals surface area contributed by atoms with Gasteiger partial charge in [0.05, 0.1) is 5.39 Å². The zero-order valence-electron chi connectivity index (χ0n) is 10.0. The molecule has 0 unspecified atom stereocenters. The van der Waals surface area contributed by atoms with Crippen molar-refractivity contribution in [2.45, 2.75) is 13.3 Å². The molecule has 0 fully saturated rings. The lowest BCUT2D eigenvalue weighted by atomic mass is 10.2. The molecule has 0 saturated heterocycles. The van der Waals surface area contributed by atoms with Crippen molar-refractivity contribution in [1.29, 1.82) is 0 Å². The van der Waals surface area contributed by atoms with E-state index in [2.05, 4.69) is 45.1 Å². The van der Waals surface area contributed by atoms with E-state index in [1.807, 2.05) is 0 Å². The molecule has 3 heterocycles. The van der Waals surface area contributed by atoms with E-state index >= 15 is 0 Å². The van der Waals surface area contributed by atoms with Crippen molar-refractivity contribution < 1.29 is 0 Å². The molecule has 18 heavy (non-hydrogen) atoms. The van der Waals surface area contributed by atoms with Crippen LogP contribution in [0.25, 0.3) is 10.2 Å². The van der Waals surface area contributed by atoms with Crippen LogP contribution in [0.2, 0.25) is 0 Å². The molecule has 3 nitrogen and oxygen atoms in total. The van der Waals surface area contributed by atoms with Crippen LogP contribution < -0.4 is 5.32 Å². The predicted octanol–water partition coefficient (Wildman–Crippen LogP) is 3.72. The molecular weight excluding hydrogens is 262 g/mol. The molecule has 0 radical (unpaired) electrons. The highest BCUT2D eigenvalue weighted by molar-refractivity contribution is 7.18. The summed E-state index contributed by atoms with van der Waals surface area (Å²) in [6.07, 6.45) is 2.66. The number of nitrogens with zero attached hydrogens (tertiary/aromatic N) is 2. The highest BCUT2D eigenvalue weighted by Crippen LogP contribution is 2.27. The van der Waals surface area contributed by atoms with Crippen LogP contribution in [0, 0.1) is 6.92 Å². The Balaban J connectivity index is 1.74. The summed E-state index contributed by atoms with van der Waals surface area (Å²) >= 11 is 3.45. The minimum atomic E-state index is 0.901. The fraction of sp³-hybridized carbons (Fsp3) is 0.231. The van der Waals surface area contributed by atoms with Gasteiger partial charge in [0.2, 0.25) is 0 Å². The second kappa shape index (κ2) is 5.04. The van der Waals surface area contributed by atoms with Gasteiger partial charge in [0.15, 0.2) is 0 Å². The monoisotopic (exact) mass is 275 g/mol. The van der Waals surface area contributed by atoms with Crippen molar-refractivity contribution in [2.24, 2.45) is 0 Å². The number of thiophene rings is 2. The Hall–Kier alpha value is -1.46. The van der Waals surface area contributed by atoms with E-state index in [4.69, 9.17) is 0 Å². The second-order valence-corrected chi connectivity index (χ2v) is 6.12. The Kier molecular flexibility index (Phi) is 3.25. The standard InChI is InChI=1S/C13H13N3S2/c1-9-6-11-12(15-8-16-13(11)18-9)14-4-2-10-3-5-17-7-10/h3,5-8H,2,4H2,1H3,(H,14,15,16). The zero-order valence-corrected chi connectivity index (χ0v) is 11.6. The maximum atomic E-state index is 4.33. The Morgan fingerprint density at radius 3 is 3.11 bits per heavy atom. The number of hydrogen-bond donors (Lipinski definition) is 1. The van der Waals surface area contributed by atoms with Gasteiger partial charge in [0.1, 0.15) is 17.0 Å². The molecule has 0 spiro atoms. The third-order valence-corrected chi connectivity index (χ3v) is 4.43. The first-order valence-electron chi connectivity index (χ1n) is 5.79. The summed E-state index contributed by atoms with van der Waals surface area (Å²) in [5.74, 6) is 0.944. The maximum Gasteiger partial charge on any atom is 0.138 e. The quantitative estimate of drug-likeness (QED) is 0.788. The molecule has 3 aromatic rings. The van der Waals surface area contributed by atoms with Crippen LogP contribution in [0.15, 0.2) is 29.2 Å². The van der Waals surface area contributed by atoms with Crippen molar-refractivity contribution >= 4 is 38.7 Å². The molecule has 0 aliphatic carbocycles. The van der Waals surface area contributed by atoms with Crippen LogP contribution in [0.5, 0.6) is 0 Å². The van der Waals surface area contributed by atoms with Gasteiger partial charge in [-0.1, -0.05) is 0 Å². The van der Waals surface area contributed by atoms with Crippen molar-refractivity contribution in [3.8, 4) is 0 Å². The van der Waals surface area contributed by atoms with E-state index in [9.17, 15) is 0 Å². The van der Waals surface area contributed by atoms with Gasteiger partial charge in [-0.25, -0.2) is 9.97 Å². The first-order chi connectivity index (χ1) is 8.83. The molecule has 0 bridgehead atoms. The lowest BCUT2D eigenvalue weighted by Gasteiger charge is -2.05. The smallest absolute Gasteiger partial charge is 0.138 e. The predicted molar refractivity (Wildman–Crippen MR) is 78.7 cm³/mol. The molecule has 0 saturated carbocycles. The molecular formula is C13H13N3S2. The number of rotatable bonds is 4. The van der Waals surface area contributed by atoms with Crippen LogP contribution in [0.3, 0.4) is 0 Å². The number of hydrogen-bond acceptors (Lipinski definition) is 5. The van der Waals surface area contributed by atoms with Crippen molar-refractivity contribution in [2.75, 3.05) is 11.9 Å². The van der Waals surface area contributed by atoms with E-state index in [0.29, 0.717) is 0 Å². The average Bonchev–Trinajstić information content (AvgIpc) is 2.97. The summed E-state index contributed by atoms with van der Waals surface area (Å²) in [4.78, 5) is 10.9. The molecule has 0 atom stereocenters. The first-order valence-corrected chi connectivity index (χ1v) is 7.55. The van der Waals surface area contributed by atoms with Crippen LogP contribution in [0.1, 0.15) is 10.4 Å². The minimum Gasteiger partial charge on any atom is -0.369 e. The first kappa shape index (κ1) is 11.6. The fourth-order valence-electron chi connectivity index (χ4n) is 1.88. The number of nitrogens with one attached hydrogen (secondary N) is 1. The summed E-state index contributed by atoms with van der Waals surface area (Å²) in [5.41, 5.74) is 1.37. The Morgan fingerprint density at radius 2 is 2.28 bits per heavy atom.